The van der Waals surface area contributed by atoms with Crippen molar-refractivity contribution < 1.29 is 13.2 Å². The van der Waals surface area contributed by atoms with Gasteiger partial charge in [-0.3, -0.25) is 0 Å². The molecular weight excluding hydrogens is 792 g/mol. The Morgan fingerprint density at radius 1 is 0.492 bits per heavy atom. The second-order valence-corrected chi connectivity index (χ2v) is 14.8. The molecule has 298 valence electrons. The monoisotopic (exact) mass is 821 g/mol. The molecule has 10 rings (SSSR count). The first-order chi connectivity index (χ1) is 30.7. The Hall–Kier alpha value is -8.73. The number of hydrogen-bond donors (Lipinski definition) is 0. The highest BCUT2D eigenvalue weighted by molar-refractivity contribution is 6.11. The van der Waals surface area contributed by atoms with E-state index in [2.05, 4.69) is 10.9 Å². The highest BCUT2D eigenvalue weighted by atomic mass is 19.4. The van der Waals surface area contributed by atoms with E-state index in [1.54, 1.807) is 30.3 Å². The van der Waals surface area contributed by atoms with Crippen molar-refractivity contribution in [2.24, 2.45) is 0 Å². The van der Waals surface area contributed by atoms with Crippen LogP contribution >= 0.6 is 0 Å². The average molecular weight is 822 g/mol. The summed E-state index contributed by atoms with van der Waals surface area (Å²) in [6.07, 6.45) is -4.83. The van der Waals surface area contributed by atoms with Crippen molar-refractivity contribution in [3.8, 4) is 79.6 Å². The van der Waals surface area contributed by atoms with Gasteiger partial charge in [0.1, 0.15) is 0 Å². The van der Waals surface area contributed by atoms with Gasteiger partial charge in [-0.2, -0.15) is 18.4 Å². The predicted octanol–water partition coefficient (Wildman–Crippen LogP) is 13.8. The van der Waals surface area contributed by atoms with Crippen molar-refractivity contribution in [3.05, 3.63) is 205 Å². The zero-order valence-corrected chi connectivity index (χ0v) is 33.1. The van der Waals surface area contributed by atoms with Gasteiger partial charge in [0.2, 0.25) is 0 Å². The number of benzene rings is 7. The molecule has 0 aliphatic rings. The molecule has 0 saturated heterocycles. The van der Waals surface area contributed by atoms with Gasteiger partial charge in [0.05, 0.1) is 57.7 Å². The van der Waals surface area contributed by atoms with Crippen LogP contribution in [0.25, 0.3) is 100 Å². The Balaban J connectivity index is 1.41. The fourth-order valence-corrected chi connectivity index (χ4v) is 7.93. The van der Waals surface area contributed by atoms with Crippen molar-refractivity contribution in [1.29, 1.82) is 5.26 Å². The standard InChI is InChI=1S/C53H30F3N7/c1-58-39-23-25-41-40-24-22-33(32-57)26-48(40)63(49(41)29-39)50-42(47-31-46(36-18-10-4-11-19-36)59-51(62-47)37-20-12-5-13-21-37)27-38(53(54,55)56)28-43(50)52-60-44(34-14-6-2-7-15-34)30-45(61-52)35-16-8-3-9-17-35/h2-31H. The molecule has 0 unspecified atom stereocenters. The molecule has 0 atom stereocenters. The summed E-state index contributed by atoms with van der Waals surface area (Å²) in [5.74, 6) is 0.320. The van der Waals surface area contributed by atoms with Crippen molar-refractivity contribution in [1.82, 2.24) is 24.5 Å². The maximum absolute atomic E-state index is 15.6. The topological polar surface area (TPSA) is 84.6 Å². The highest BCUT2D eigenvalue weighted by Gasteiger charge is 2.35. The van der Waals surface area contributed by atoms with Crippen LogP contribution in [0.2, 0.25) is 0 Å². The molecule has 0 saturated carbocycles. The van der Waals surface area contributed by atoms with Gasteiger partial charge in [0, 0.05) is 49.7 Å². The maximum Gasteiger partial charge on any atom is 0.416 e. The van der Waals surface area contributed by atoms with E-state index in [-0.39, 0.29) is 28.3 Å². The summed E-state index contributed by atoms with van der Waals surface area (Å²) in [6, 6.07) is 55.9. The van der Waals surface area contributed by atoms with Crippen LogP contribution in [-0.4, -0.2) is 24.5 Å². The van der Waals surface area contributed by atoms with Gasteiger partial charge < -0.3 is 4.57 Å². The van der Waals surface area contributed by atoms with Crippen molar-refractivity contribution in [3.63, 3.8) is 0 Å². The van der Waals surface area contributed by atoms with Gasteiger partial charge in [-0.15, -0.1) is 0 Å². The van der Waals surface area contributed by atoms with Crippen LogP contribution in [0.15, 0.2) is 182 Å². The highest BCUT2D eigenvalue weighted by Crippen LogP contribution is 2.46. The zero-order chi connectivity index (χ0) is 43.1. The number of nitrogens with zero attached hydrogens (tertiary/aromatic N) is 7. The van der Waals surface area contributed by atoms with E-state index in [1.165, 1.54) is 0 Å². The van der Waals surface area contributed by atoms with E-state index in [4.69, 9.17) is 26.5 Å². The van der Waals surface area contributed by atoms with Crippen LogP contribution in [0.5, 0.6) is 0 Å². The molecule has 0 amide bonds. The van der Waals surface area contributed by atoms with Gasteiger partial charge in [0.25, 0.3) is 0 Å². The van der Waals surface area contributed by atoms with Crippen molar-refractivity contribution in [2.75, 3.05) is 0 Å². The van der Waals surface area contributed by atoms with Crippen LogP contribution in [0.4, 0.5) is 18.9 Å². The van der Waals surface area contributed by atoms with Crippen LogP contribution in [0, 0.1) is 17.9 Å². The fourth-order valence-electron chi connectivity index (χ4n) is 7.93. The molecule has 0 bridgehead atoms. The third kappa shape index (κ3) is 7.22. The Kier molecular flexibility index (Phi) is 9.59. The van der Waals surface area contributed by atoms with E-state index >= 15 is 13.2 Å². The summed E-state index contributed by atoms with van der Waals surface area (Å²) < 4.78 is 48.6. The second-order valence-electron chi connectivity index (χ2n) is 14.8. The normalized spacial score (nSPS) is 11.4. The molecule has 7 aromatic carbocycles. The largest absolute Gasteiger partial charge is 0.416 e. The fraction of sp³-hybridized carbons (Fsp3) is 0.0189. The van der Waals surface area contributed by atoms with Crippen molar-refractivity contribution in [2.45, 2.75) is 6.18 Å². The maximum atomic E-state index is 15.6. The third-order valence-corrected chi connectivity index (χ3v) is 10.9. The number of aromatic nitrogens is 5. The van der Waals surface area contributed by atoms with Crippen LogP contribution in [0.3, 0.4) is 0 Å². The minimum absolute atomic E-state index is 0.0194. The summed E-state index contributed by atoms with van der Waals surface area (Å²) >= 11 is 0. The molecule has 0 N–H and O–H groups in total. The molecule has 3 aromatic heterocycles. The molecule has 0 spiro atoms. The van der Waals surface area contributed by atoms with Crippen LogP contribution < -0.4 is 0 Å². The summed E-state index contributed by atoms with van der Waals surface area (Å²) in [5, 5.41) is 11.6. The average Bonchev–Trinajstić information content (AvgIpc) is 3.66. The molecule has 0 aliphatic heterocycles. The minimum Gasteiger partial charge on any atom is -0.309 e. The van der Waals surface area contributed by atoms with Gasteiger partial charge >= 0.3 is 6.18 Å². The molecule has 10 heteroatoms. The van der Waals surface area contributed by atoms with E-state index in [0.717, 1.165) is 39.6 Å². The summed E-state index contributed by atoms with van der Waals surface area (Å²) in [7, 11) is 0. The smallest absolute Gasteiger partial charge is 0.309 e. The Labute approximate surface area is 359 Å². The lowest BCUT2D eigenvalue weighted by Crippen LogP contribution is -2.11. The quantitative estimate of drug-likeness (QED) is 0.150. The number of hydrogen-bond acceptors (Lipinski definition) is 5. The second kappa shape index (κ2) is 15.7. The first kappa shape index (κ1) is 38.5. The number of rotatable bonds is 7. The Morgan fingerprint density at radius 3 is 1.48 bits per heavy atom. The number of alkyl halides is 3. The molecule has 0 fully saturated rings. The van der Waals surface area contributed by atoms with E-state index in [0.29, 0.717) is 50.8 Å². The Bertz CT molecular complexity index is 3110. The SMILES string of the molecule is [C-]#[N+]c1ccc2c3ccc(C#N)cc3n(-c3c(-c4cc(-c5ccccc5)nc(-c5ccccc5)n4)cc(C(F)(F)F)cc3-c3nc(-c4ccccc4)cc(-c4ccccc4)n3)c2c1. The molecule has 7 nitrogen and oxygen atoms in total. The predicted molar refractivity (Wildman–Crippen MR) is 241 cm³/mol. The van der Waals surface area contributed by atoms with E-state index in [9.17, 15) is 5.26 Å². The Morgan fingerprint density at radius 2 is 0.952 bits per heavy atom. The van der Waals surface area contributed by atoms with E-state index in [1.807, 2.05) is 144 Å². The van der Waals surface area contributed by atoms with Crippen LogP contribution in [-0.2, 0) is 6.18 Å². The molecule has 10 aromatic rings. The van der Waals surface area contributed by atoms with Gasteiger partial charge in [0.15, 0.2) is 17.3 Å². The molecule has 0 aliphatic carbocycles. The molecule has 3 heterocycles. The summed E-state index contributed by atoms with van der Waals surface area (Å²) in [6.45, 7) is 7.98. The first-order valence-corrected chi connectivity index (χ1v) is 19.9. The van der Waals surface area contributed by atoms with Gasteiger partial charge in [-0.25, -0.2) is 24.8 Å². The lowest BCUT2D eigenvalue weighted by molar-refractivity contribution is -0.137. The summed E-state index contributed by atoms with van der Waals surface area (Å²) in [5.41, 5.74) is 5.70. The minimum atomic E-state index is -4.83. The zero-order valence-electron chi connectivity index (χ0n) is 33.1. The van der Waals surface area contributed by atoms with Crippen molar-refractivity contribution >= 4 is 27.5 Å². The first-order valence-electron chi connectivity index (χ1n) is 19.9. The lowest BCUT2D eigenvalue weighted by Gasteiger charge is -2.22. The number of nitriles is 1. The molecule has 63 heavy (non-hydrogen) atoms. The third-order valence-electron chi connectivity index (χ3n) is 10.9. The van der Waals surface area contributed by atoms with Gasteiger partial charge in [-0.05, 0) is 42.5 Å². The van der Waals surface area contributed by atoms with Crippen LogP contribution in [0.1, 0.15) is 11.1 Å². The van der Waals surface area contributed by atoms with E-state index < -0.39 is 11.7 Å². The molecular formula is C53H30F3N7. The lowest BCUT2D eigenvalue weighted by atomic mass is 9.96. The number of fused-ring (bicyclic) bond motifs is 3. The molecule has 0 radical (unpaired) electrons. The van der Waals surface area contributed by atoms with Gasteiger partial charge in [-0.1, -0.05) is 140 Å². The summed E-state index contributed by atoms with van der Waals surface area (Å²) in [4.78, 5) is 23.9. The number of halogens is 3.